The second kappa shape index (κ2) is 7.93. The lowest BCUT2D eigenvalue weighted by Crippen LogP contribution is -2.28. The maximum absolute atomic E-state index is 13.6. The van der Waals surface area contributed by atoms with Gasteiger partial charge in [-0.2, -0.15) is 5.10 Å². The number of nitrogens with zero attached hydrogens (tertiary/aromatic N) is 5. The smallest absolute Gasteiger partial charge is 0.322 e. The van der Waals surface area contributed by atoms with E-state index in [1.54, 1.807) is 6.92 Å². The maximum Gasteiger partial charge on any atom is 0.322 e. The Bertz CT molecular complexity index is 782. The molecule has 2 aromatic rings. The zero-order chi connectivity index (χ0) is 17.7. The fourth-order valence-corrected chi connectivity index (χ4v) is 2.07. The largest absolute Gasteiger partial charge is 0.465 e. The third-order valence-corrected chi connectivity index (χ3v) is 3.28. The molecule has 0 aliphatic heterocycles. The van der Waals surface area contributed by atoms with Crippen molar-refractivity contribution in [1.29, 1.82) is 0 Å². The second-order valence-electron chi connectivity index (χ2n) is 4.30. The number of rotatable bonds is 6. The van der Waals surface area contributed by atoms with Gasteiger partial charge in [-0.25, -0.2) is 14.1 Å². The summed E-state index contributed by atoms with van der Waals surface area (Å²) in [5, 5.41) is 10.1. The summed E-state index contributed by atoms with van der Waals surface area (Å²) < 4.78 is 19.6. The molecule has 0 aliphatic carbocycles. The Labute approximate surface area is 145 Å². The number of hydrogen-bond donors (Lipinski definition) is 0. The molecular weight excluding hydrogens is 364 g/mol. The van der Waals surface area contributed by atoms with Gasteiger partial charge in [0.15, 0.2) is 22.7 Å². The highest BCUT2D eigenvalue weighted by molar-refractivity contribution is 6.36. The summed E-state index contributed by atoms with van der Waals surface area (Å²) in [7, 11) is 0. The van der Waals surface area contributed by atoms with Crippen LogP contribution in [-0.2, 0) is 9.53 Å². The van der Waals surface area contributed by atoms with E-state index < -0.39 is 28.6 Å². The van der Waals surface area contributed by atoms with Crippen LogP contribution in [0.3, 0.4) is 0 Å². The maximum atomic E-state index is 13.6. The van der Waals surface area contributed by atoms with Crippen molar-refractivity contribution in [3.8, 4) is 0 Å². The van der Waals surface area contributed by atoms with Crippen LogP contribution >= 0.6 is 23.2 Å². The summed E-state index contributed by atoms with van der Waals surface area (Å²) in [6, 6.07) is 0.804. The molecule has 11 heteroatoms. The van der Waals surface area contributed by atoms with Gasteiger partial charge in [-0.15, -0.1) is 10.2 Å². The van der Waals surface area contributed by atoms with Gasteiger partial charge in [0.25, 0.3) is 0 Å². The minimum atomic E-state index is -1.45. The number of carbonyl (C=O) groups is 2. The molecule has 2 rings (SSSR count). The van der Waals surface area contributed by atoms with Crippen molar-refractivity contribution in [3.63, 3.8) is 0 Å². The quantitative estimate of drug-likeness (QED) is 0.252. The lowest BCUT2D eigenvalue weighted by molar-refractivity contribution is -0.143. The fourth-order valence-electron chi connectivity index (χ4n) is 1.65. The van der Waals surface area contributed by atoms with Crippen LogP contribution in [0.25, 0.3) is 0 Å². The van der Waals surface area contributed by atoms with Crippen molar-refractivity contribution >= 4 is 41.2 Å². The van der Waals surface area contributed by atoms with Crippen molar-refractivity contribution < 1.29 is 18.7 Å². The average Bonchev–Trinajstić information content (AvgIpc) is 3.04. The van der Waals surface area contributed by atoms with Crippen molar-refractivity contribution in [2.45, 2.75) is 6.92 Å². The fraction of sp³-hybridized carbons (Fsp3) is 0.231. The number of hydrogen-bond acceptors (Lipinski definition) is 7. The van der Waals surface area contributed by atoms with E-state index in [0.29, 0.717) is 0 Å². The Balaban J connectivity index is 2.37. The molecule has 0 spiro atoms. The lowest BCUT2D eigenvalue weighted by atomic mass is 10.00. The molecule has 0 saturated heterocycles. The number of carbonyl (C=O) groups excluding carboxylic acids is 2. The highest BCUT2D eigenvalue weighted by Crippen LogP contribution is 2.23. The third kappa shape index (κ3) is 4.12. The van der Waals surface area contributed by atoms with E-state index in [4.69, 9.17) is 27.9 Å². The van der Waals surface area contributed by atoms with Gasteiger partial charge in [0.05, 0.1) is 12.2 Å². The van der Waals surface area contributed by atoms with Crippen LogP contribution in [0, 0.1) is 11.7 Å². The van der Waals surface area contributed by atoms with Crippen molar-refractivity contribution in [2.75, 3.05) is 6.61 Å². The summed E-state index contributed by atoms with van der Waals surface area (Å²) in [5.74, 6) is -4.10. The van der Waals surface area contributed by atoms with Crippen LogP contribution in [0.2, 0.25) is 10.3 Å². The Morgan fingerprint density at radius 3 is 2.67 bits per heavy atom. The van der Waals surface area contributed by atoms with Crippen molar-refractivity contribution in [1.82, 2.24) is 19.9 Å². The van der Waals surface area contributed by atoms with Crippen LogP contribution in [0.1, 0.15) is 17.3 Å². The number of esters is 1. The van der Waals surface area contributed by atoms with E-state index >= 15 is 0 Å². The molecule has 0 fully saturated rings. The summed E-state index contributed by atoms with van der Waals surface area (Å²) in [6.07, 6.45) is 3.52. The number of pyridine rings is 1. The summed E-state index contributed by atoms with van der Waals surface area (Å²) >= 11 is 11.3. The van der Waals surface area contributed by atoms with E-state index in [2.05, 4.69) is 20.3 Å². The van der Waals surface area contributed by atoms with Crippen LogP contribution in [-0.4, -0.2) is 44.4 Å². The molecule has 8 nitrogen and oxygen atoms in total. The summed E-state index contributed by atoms with van der Waals surface area (Å²) in [4.78, 5) is 28.1. The Morgan fingerprint density at radius 2 is 2.04 bits per heavy atom. The van der Waals surface area contributed by atoms with Crippen molar-refractivity contribution in [3.05, 3.63) is 40.4 Å². The topological polar surface area (TPSA) is 99.3 Å². The number of ether oxygens (including phenoxy) is 1. The summed E-state index contributed by atoms with van der Waals surface area (Å²) in [6.45, 7) is 1.62. The summed E-state index contributed by atoms with van der Waals surface area (Å²) in [5.41, 5.74) is -0.313. The van der Waals surface area contributed by atoms with Gasteiger partial charge in [0, 0.05) is 6.21 Å². The number of aromatic nitrogens is 4. The molecule has 1 atom stereocenters. The average molecular weight is 374 g/mol. The number of ketones is 1. The first-order chi connectivity index (χ1) is 11.4. The predicted octanol–water partition coefficient (Wildman–Crippen LogP) is 2.02. The van der Waals surface area contributed by atoms with Crippen LogP contribution in [0.4, 0.5) is 4.39 Å². The molecule has 0 N–H and O–H groups in total. The van der Waals surface area contributed by atoms with Gasteiger partial charge in [0.2, 0.25) is 0 Å². The minimum absolute atomic E-state index is 0.0457. The molecular formula is C13H10Cl2FN5O3. The van der Waals surface area contributed by atoms with Crippen molar-refractivity contribution in [2.24, 2.45) is 11.0 Å². The first-order valence-corrected chi connectivity index (χ1v) is 7.31. The van der Waals surface area contributed by atoms with Gasteiger partial charge < -0.3 is 4.74 Å². The van der Waals surface area contributed by atoms with Gasteiger partial charge in [0.1, 0.15) is 17.8 Å². The second-order valence-corrected chi connectivity index (χ2v) is 5.02. The molecule has 0 radical (unpaired) electrons. The van der Waals surface area contributed by atoms with Gasteiger partial charge >= 0.3 is 5.97 Å². The molecule has 2 heterocycles. The predicted molar refractivity (Wildman–Crippen MR) is 82.6 cm³/mol. The SMILES string of the molecule is CCOC(=O)C(C=Nn1cnnc1)C(=O)c1cc(F)c(Cl)nc1Cl. The molecule has 0 bridgehead atoms. The van der Waals surface area contributed by atoms with Crippen LogP contribution < -0.4 is 0 Å². The van der Waals surface area contributed by atoms with E-state index in [1.165, 1.54) is 17.3 Å². The zero-order valence-electron chi connectivity index (χ0n) is 12.2. The standard InChI is InChI=1S/C13H10Cl2FN5O3/c1-2-24-13(23)8(4-19-21-5-17-18-6-21)10(22)7-3-9(16)12(15)20-11(7)14/h3-6,8H,2H2,1H3. The Morgan fingerprint density at radius 1 is 1.38 bits per heavy atom. The first kappa shape index (κ1) is 18.0. The third-order valence-electron chi connectivity index (χ3n) is 2.73. The molecule has 24 heavy (non-hydrogen) atoms. The van der Waals surface area contributed by atoms with E-state index in [0.717, 1.165) is 12.3 Å². The highest BCUT2D eigenvalue weighted by Gasteiger charge is 2.30. The number of halogens is 3. The number of Topliss-reactive ketones (excluding diaryl/α,β-unsaturated/α-hetero) is 1. The molecule has 0 amide bonds. The van der Waals surface area contributed by atoms with E-state index in [9.17, 15) is 14.0 Å². The minimum Gasteiger partial charge on any atom is -0.465 e. The van der Waals surface area contributed by atoms with Gasteiger partial charge in [-0.3, -0.25) is 9.59 Å². The van der Waals surface area contributed by atoms with E-state index in [-0.39, 0.29) is 17.3 Å². The molecule has 0 saturated carbocycles. The zero-order valence-corrected chi connectivity index (χ0v) is 13.7. The molecule has 1 unspecified atom stereocenters. The Kier molecular flexibility index (Phi) is 5.93. The Hall–Kier alpha value is -2.39. The van der Waals surface area contributed by atoms with Crippen LogP contribution in [0.15, 0.2) is 23.8 Å². The first-order valence-electron chi connectivity index (χ1n) is 6.55. The normalized spacial score (nSPS) is 12.3. The molecule has 2 aromatic heterocycles. The molecule has 0 aromatic carbocycles. The molecule has 0 aliphatic rings. The van der Waals surface area contributed by atoms with Gasteiger partial charge in [-0.05, 0) is 13.0 Å². The van der Waals surface area contributed by atoms with E-state index in [1.807, 2.05) is 0 Å². The lowest BCUT2D eigenvalue weighted by Gasteiger charge is -2.11. The molecule has 126 valence electrons. The van der Waals surface area contributed by atoms with Crippen LogP contribution in [0.5, 0.6) is 0 Å². The monoisotopic (exact) mass is 373 g/mol. The highest BCUT2D eigenvalue weighted by atomic mass is 35.5. The van der Waals surface area contributed by atoms with Gasteiger partial charge in [-0.1, -0.05) is 23.2 Å².